The van der Waals surface area contributed by atoms with E-state index in [1.165, 1.54) is 11.3 Å². The van der Waals surface area contributed by atoms with Gasteiger partial charge >= 0.3 is 0 Å². The van der Waals surface area contributed by atoms with E-state index in [0.717, 1.165) is 28.6 Å². The maximum Gasteiger partial charge on any atom is 0.190 e. The van der Waals surface area contributed by atoms with Crippen molar-refractivity contribution in [1.29, 1.82) is 0 Å². The number of thiazole rings is 1. The van der Waals surface area contributed by atoms with Gasteiger partial charge in [-0.3, -0.25) is 0 Å². The molecule has 0 saturated heterocycles. The lowest BCUT2D eigenvalue weighted by Gasteiger charge is -2.15. The Labute approximate surface area is 122 Å². The minimum absolute atomic E-state index is 0.378. The number of aryl methyl sites for hydroxylation is 1. The summed E-state index contributed by atoms with van der Waals surface area (Å²) in [4.78, 5) is 13.4. The van der Waals surface area contributed by atoms with E-state index in [-0.39, 0.29) is 0 Å². The van der Waals surface area contributed by atoms with Gasteiger partial charge in [0, 0.05) is 17.8 Å². The molecule has 0 atom stereocenters. The molecule has 0 fully saturated rings. The van der Waals surface area contributed by atoms with Crippen LogP contribution in [-0.2, 0) is 0 Å². The molecule has 102 valence electrons. The quantitative estimate of drug-likeness (QED) is 0.922. The maximum absolute atomic E-state index is 5.92. The zero-order valence-corrected chi connectivity index (χ0v) is 13.1. The fraction of sp³-hybridized carbons (Fsp3) is 0.462. The summed E-state index contributed by atoms with van der Waals surface area (Å²) in [5.74, 6) is 1.91. The van der Waals surface area contributed by atoms with Gasteiger partial charge in [-0.1, -0.05) is 36.8 Å². The van der Waals surface area contributed by atoms with Crippen LogP contribution in [0, 0.1) is 6.92 Å². The lowest BCUT2D eigenvalue weighted by Crippen LogP contribution is -2.09. The normalized spacial score (nSPS) is 11.1. The van der Waals surface area contributed by atoms with Crippen molar-refractivity contribution in [1.82, 2.24) is 15.0 Å². The van der Waals surface area contributed by atoms with E-state index >= 15 is 0 Å². The number of hydrogen-bond donors (Lipinski definition) is 1. The first-order valence-electron chi connectivity index (χ1n) is 6.27. The van der Waals surface area contributed by atoms with Gasteiger partial charge in [0.2, 0.25) is 0 Å². The molecule has 19 heavy (non-hydrogen) atoms. The highest BCUT2D eigenvalue weighted by Crippen LogP contribution is 2.30. The fourth-order valence-electron chi connectivity index (χ4n) is 2.03. The van der Waals surface area contributed by atoms with Crippen molar-refractivity contribution in [2.24, 2.45) is 0 Å². The van der Waals surface area contributed by atoms with E-state index in [1.807, 2.05) is 6.92 Å². The van der Waals surface area contributed by atoms with E-state index in [0.29, 0.717) is 16.1 Å². The standard InChI is InChI=1S/C13H17ClN4S/c1-5-15-11-10(7(2)3)8(4)17-12(18-11)13-16-6-9(14)19-13/h6-7H,5H2,1-4H3,(H,15,17,18). The van der Waals surface area contributed by atoms with Crippen LogP contribution in [0.2, 0.25) is 4.34 Å². The molecule has 0 aromatic carbocycles. The second-order valence-electron chi connectivity index (χ2n) is 4.55. The molecule has 4 nitrogen and oxygen atoms in total. The minimum atomic E-state index is 0.378. The number of hydrogen-bond acceptors (Lipinski definition) is 5. The Kier molecular flexibility index (Phi) is 4.37. The van der Waals surface area contributed by atoms with Crippen molar-refractivity contribution in [3.05, 3.63) is 21.8 Å². The molecule has 0 unspecified atom stereocenters. The molecule has 2 aromatic heterocycles. The molecule has 0 saturated carbocycles. The number of nitrogens with one attached hydrogen (secondary N) is 1. The second-order valence-corrected chi connectivity index (χ2v) is 6.21. The summed E-state index contributed by atoms with van der Waals surface area (Å²) in [5.41, 5.74) is 2.15. The minimum Gasteiger partial charge on any atom is -0.370 e. The van der Waals surface area contributed by atoms with Gasteiger partial charge in [-0.05, 0) is 19.8 Å². The third kappa shape index (κ3) is 3.04. The van der Waals surface area contributed by atoms with E-state index in [1.54, 1.807) is 6.20 Å². The average molecular weight is 297 g/mol. The van der Waals surface area contributed by atoms with E-state index in [9.17, 15) is 0 Å². The van der Waals surface area contributed by atoms with Gasteiger partial charge in [-0.15, -0.1) is 0 Å². The monoisotopic (exact) mass is 296 g/mol. The Morgan fingerprint density at radius 3 is 2.63 bits per heavy atom. The van der Waals surface area contributed by atoms with Crippen LogP contribution >= 0.6 is 22.9 Å². The van der Waals surface area contributed by atoms with Crippen LogP contribution in [0.25, 0.3) is 10.8 Å². The van der Waals surface area contributed by atoms with Gasteiger partial charge in [0.25, 0.3) is 0 Å². The van der Waals surface area contributed by atoms with E-state index in [2.05, 4.69) is 41.0 Å². The zero-order chi connectivity index (χ0) is 14.0. The first kappa shape index (κ1) is 14.2. The van der Waals surface area contributed by atoms with Crippen LogP contribution in [0.3, 0.4) is 0 Å². The van der Waals surface area contributed by atoms with Crippen molar-refractivity contribution in [2.45, 2.75) is 33.6 Å². The van der Waals surface area contributed by atoms with Crippen LogP contribution in [0.1, 0.15) is 37.9 Å². The van der Waals surface area contributed by atoms with Gasteiger partial charge in [-0.25, -0.2) is 15.0 Å². The summed E-state index contributed by atoms with van der Waals surface area (Å²) < 4.78 is 0.647. The first-order chi connectivity index (χ1) is 9.02. The molecule has 0 aliphatic rings. The number of aromatic nitrogens is 3. The molecule has 0 amide bonds. The predicted molar refractivity (Wildman–Crippen MR) is 81.1 cm³/mol. The summed E-state index contributed by atoms with van der Waals surface area (Å²) >= 11 is 7.31. The van der Waals surface area contributed by atoms with Crippen molar-refractivity contribution >= 4 is 28.8 Å². The van der Waals surface area contributed by atoms with Crippen LogP contribution < -0.4 is 5.32 Å². The van der Waals surface area contributed by atoms with Crippen LogP contribution in [-0.4, -0.2) is 21.5 Å². The van der Waals surface area contributed by atoms with E-state index in [4.69, 9.17) is 11.6 Å². The SMILES string of the molecule is CCNc1nc(-c2ncc(Cl)s2)nc(C)c1C(C)C. The highest BCUT2D eigenvalue weighted by atomic mass is 35.5. The smallest absolute Gasteiger partial charge is 0.190 e. The van der Waals surface area contributed by atoms with Crippen molar-refractivity contribution in [2.75, 3.05) is 11.9 Å². The highest BCUT2D eigenvalue weighted by Gasteiger charge is 2.16. The summed E-state index contributed by atoms with van der Waals surface area (Å²) in [6.07, 6.45) is 1.63. The molecule has 0 aliphatic heterocycles. The van der Waals surface area contributed by atoms with Gasteiger partial charge in [0.1, 0.15) is 10.2 Å². The third-order valence-corrected chi connectivity index (χ3v) is 3.84. The summed E-state index contributed by atoms with van der Waals surface area (Å²) in [5, 5.41) is 4.06. The Balaban J connectivity index is 2.53. The van der Waals surface area contributed by atoms with E-state index < -0.39 is 0 Å². The summed E-state index contributed by atoms with van der Waals surface area (Å²) in [6.45, 7) is 9.19. The first-order valence-corrected chi connectivity index (χ1v) is 7.46. The molecular formula is C13H17ClN4S. The van der Waals surface area contributed by atoms with Gasteiger partial charge in [-0.2, -0.15) is 0 Å². The molecule has 0 bridgehead atoms. The molecule has 0 radical (unpaired) electrons. The fourth-order valence-corrected chi connectivity index (χ4v) is 2.87. The molecule has 0 spiro atoms. The molecule has 1 N–H and O–H groups in total. The Morgan fingerprint density at radius 1 is 1.37 bits per heavy atom. The number of halogens is 1. The van der Waals surface area contributed by atoms with Gasteiger partial charge in [0.05, 0.1) is 6.20 Å². The van der Waals surface area contributed by atoms with Crippen molar-refractivity contribution in [3.8, 4) is 10.8 Å². The lowest BCUT2D eigenvalue weighted by molar-refractivity contribution is 0.831. The number of nitrogens with zero attached hydrogens (tertiary/aromatic N) is 3. The van der Waals surface area contributed by atoms with Crippen LogP contribution in [0.4, 0.5) is 5.82 Å². The predicted octanol–water partition coefficient (Wildman–Crippen LogP) is 4.12. The molecule has 2 heterocycles. The van der Waals surface area contributed by atoms with Crippen LogP contribution in [0.5, 0.6) is 0 Å². The summed E-state index contributed by atoms with van der Waals surface area (Å²) in [7, 11) is 0. The Bertz CT molecular complexity index is 580. The molecule has 6 heteroatoms. The van der Waals surface area contributed by atoms with Gasteiger partial charge < -0.3 is 5.32 Å². The molecular weight excluding hydrogens is 280 g/mol. The summed E-state index contributed by atoms with van der Waals surface area (Å²) in [6, 6.07) is 0. The molecule has 2 aromatic rings. The highest BCUT2D eigenvalue weighted by molar-refractivity contribution is 7.18. The Hall–Kier alpha value is -1.20. The number of anilines is 1. The third-order valence-electron chi connectivity index (χ3n) is 2.73. The molecule has 0 aliphatic carbocycles. The lowest BCUT2D eigenvalue weighted by atomic mass is 10.0. The Morgan fingerprint density at radius 2 is 2.11 bits per heavy atom. The number of rotatable bonds is 4. The largest absolute Gasteiger partial charge is 0.370 e. The van der Waals surface area contributed by atoms with Crippen molar-refractivity contribution < 1.29 is 0 Å². The average Bonchev–Trinajstić information content (AvgIpc) is 2.75. The van der Waals surface area contributed by atoms with Crippen molar-refractivity contribution in [3.63, 3.8) is 0 Å². The van der Waals surface area contributed by atoms with Gasteiger partial charge in [0.15, 0.2) is 10.8 Å². The topological polar surface area (TPSA) is 50.7 Å². The second kappa shape index (κ2) is 5.84. The van der Waals surface area contributed by atoms with Crippen LogP contribution in [0.15, 0.2) is 6.20 Å². The zero-order valence-electron chi connectivity index (χ0n) is 11.5. The molecule has 2 rings (SSSR count). The maximum atomic E-state index is 5.92.